The third-order valence-electron chi connectivity index (χ3n) is 4.12. The van der Waals surface area contributed by atoms with Gasteiger partial charge in [-0.05, 0) is 29.8 Å². The van der Waals surface area contributed by atoms with Crippen LogP contribution < -0.4 is 16.0 Å². The number of carbonyl (C=O) groups is 3. The molecule has 3 aromatic rings. The third-order valence-corrected chi connectivity index (χ3v) is 4.12. The number of aromatic nitrogens is 2. The van der Waals surface area contributed by atoms with Crippen molar-refractivity contribution in [3.05, 3.63) is 84.9 Å². The Balaban J connectivity index is 1.63. The summed E-state index contributed by atoms with van der Waals surface area (Å²) in [4.78, 5) is 45.2. The Hall–Kier alpha value is -4.27. The number of anilines is 2. The number of pyridine rings is 2. The molecule has 1 aromatic carbocycles. The minimum absolute atomic E-state index is 0.0363. The average Bonchev–Trinajstić information content (AvgIpc) is 2.79. The summed E-state index contributed by atoms with van der Waals surface area (Å²) in [6.07, 6.45) is 4.99. The summed E-state index contributed by atoms with van der Waals surface area (Å²) in [6.45, 7) is 0.0363. The van der Waals surface area contributed by atoms with Crippen LogP contribution in [0.15, 0.2) is 79.4 Å². The summed E-state index contributed by atoms with van der Waals surface area (Å²) < 4.78 is 5.18. The molecule has 0 saturated carbocycles. The number of nitrogens with zero attached hydrogens (tertiary/aromatic N) is 2. The SMILES string of the molecule is O=C(C[C@@H](NC(=O)OCc1ccccc1)C(=O)Nc1ccncc1)Nc1ccncc1. The van der Waals surface area contributed by atoms with Crippen molar-refractivity contribution in [1.82, 2.24) is 15.3 Å². The van der Waals surface area contributed by atoms with Crippen molar-refractivity contribution < 1.29 is 19.1 Å². The number of nitrogens with one attached hydrogen (secondary N) is 3. The zero-order chi connectivity index (χ0) is 21.9. The summed E-state index contributed by atoms with van der Waals surface area (Å²) in [6, 6.07) is 14.4. The fourth-order valence-corrected chi connectivity index (χ4v) is 2.61. The highest BCUT2D eigenvalue weighted by Crippen LogP contribution is 2.09. The molecule has 0 saturated heterocycles. The van der Waals surface area contributed by atoms with Crippen LogP contribution in [-0.2, 0) is 20.9 Å². The van der Waals surface area contributed by atoms with Crippen LogP contribution in [-0.4, -0.2) is 33.9 Å². The van der Waals surface area contributed by atoms with Crippen molar-refractivity contribution >= 4 is 29.3 Å². The maximum Gasteiger partial charge on any atom is 0.408 e. The Morgan fingerprint density at radius 1 is 0.806 bits per heavy atom. The minimum atomic E-state index is -1.15. The molecule has 0 aliphatic rings. The molecular weight excluding hydrogens is 398 g/mol. The monoisotopic (exact) mass is 419 g/mol. The van der Waals surface area contributed by atoms with E-state index in [4.69, 9.17) is 4.74 Å². The zero-order valence-corrected chi connectivity index (χ0v) is 16.5. The fourth-order valence-electron chi connectivity index (χ4n) is 2.61. The smallest absolute Gasteiger partial charge is 0.408 e. The maximum absolute atomic E-state index is 12.7. The van der Waals surface area contributed by atoms with E-state index in [0.717, 1.165) is 5.56 Å². The second-order valence-corrected chi connectivity index (χ2v) is 6.47. The molecule has 1 atom stereocenters. The van der Waals surface area contributed by atoms with E-state index in [1.807, 2.05) is 30.3 Å². The molecule has 0 aliphatic carbocycles. The van der Waals surface area contributed by atoms with Gasteiger partial charge >= 0.3 is 6.09 Å². The Labute approximate surface area is 178 Å². The Kier molecular flexibility index (Phi) is 7.64. The number of amides is 3. The maximum atomic E-state index is 12.7. The first-order valence-corrected chi connectivity index (χ1v) is 9.48. The lowest BCUT2D eigenvalue weighted by atomic mass is 10.1. The minimum Gasteiger partial charge on any atom is -0.445 e. The van der Waals surface area contributed by atoms with E-state index in [0.29, 0.717) is 11.4 Å². The van der Waals surface area contributed by atoms with Gasteiger partial charge in [-0.2, -0.15) is 0 Å². The molecule has 0 unspecified atom stereocenters. The van der Waals surface area contributed by atoms with Crippen LogP contribution in [0.3, 0.4) is 0 Å². The van der Waals surface area contributed by atoms with Crippen molar-refractivity contribution in [2.75, 3.05) is 10.6 Å². The van der Waals surface area contributed by atoms with Crippen molar-refractivity contribution in [3.8, 4) is 0 Å². The van der Waals surface area contributed by atoms with Crippen molar-refractivity contribution in [2.24, 2.45) is 0 Å². The molecule has 9 heteroatoms. The van der Waals surface area contributed by atoms with Gasteiger partial charge in [0.1, 0.15) is 12.6 Å². The molecule has 2 aromatic heterocycles. The van der Waals surface area contributed by atoms with E-state index in [1.54, 1.807) is 24.3 Å². The van der Waals surface area contributed by atoms with Gasteiger partial charge in [-0.1, -0.05) is 30.3 Å². The second-order valence-electron chi connectivity index (χ2n) is 6.47. The largest absolute Gasteiger partial charge is 0.445 e. The van der Waals surface area contributed by atoms with Gasteiger partial charge in [0.2, 0.25) is 11.8 Å². The van der Waals surface area contributed by atoms with Crippen molar-refractivity contribution in [1.29, 1.82) is 0 Å². The number of benzene rings is 1. The highest BCUT2D eigenvalue weighted by Gasteiger charge is 2.25. The molecule has 0 aliphatic heterocycles. The number of ether oxygens (including phenoxy) is 1. The van der Waals surface area contributed by atoms with E-state index in [-0.39, 0.29) is 13.0 Å². The number of rotatable bonds is 8. The molecular formula is C22H21N5O4. The second kappa shape index (κ2) is 11.1. The first-order chi connectivity index (χ1) is 15.1. The third kappa shape index (κ3) is 7.24. The molecule has 3 N–H and O–H groups in total. The molecule has 2 heterocycles. The van der Waals surface area contributed by atoms with Crippen LogP contribution in [0.25, 0.3) is 0 Å². The van der Waals surface area contributed by atoms with Crippen molar-refractivity contribution in [2.45, 2.75) is 19.1 Å². The first-order valence-electron chi connectivity index (χ1n) is 9.48. The fraction of sp³-hybridized carbons (Fsp3) is 0.136. The van der Waals surface area contributed by atoms with Gasteiger partial charge in [0.25, 0.3) is 0 Å². The lowest BCUT2D eigenvalue weighted by Crippen LogP contribution is -2.46. The summed E-state index contributed by atoms with van der Waals surface area (Å²) in [5.41, 5.74) is 1.81. The quantitative estimate of drug-likeness (QED) is 0.516. The predicted molar refractivity (Wildman–Crippen MR) is 114 cm³/mol. The summed E-state index contributed by atoms with van der Waals surface area (Å²) >= 11 is 0. The number of carbonyl (C=O) groups excluding carboxylic acids is 3. The van der Waals surface area contributed by atoms with Crippen LogP contribution in [0.2, 0.25) is 0 Å². The van der Waals surface area contributed by atoms with E-state index in [9.17, 15) is 14.4 Å². The molecule has 0 fully saturated rings. The number of alkyl carbamates (subject to hydrolysis) is 1. The van der Waals surface area contributed by atoms with Gasteiger partial charge in [-0.3, -0.25) is 19.6 Å². The van der Waals surface area contributed by atoms with Crippen LogP contribution in [0.1, 0.15) is 12.0 Å². The normalized spacial score (nSPS) is 11.1. The zero-order valence-electron chi connectivity index (χ0n) is 16.5. The lowest BCUT2D eigenvalue weighted by Gasteiger charge is -2.18. The van der Waals surface area contributed by atoms with Crippen molar-refractivity contribution in [3.63, 3.8) is 0 Å². The van der Waals surface area contributed by atoms with Crippen LogP contribution in [0, 0.1) is 0 Å². The summed E-state index contributed by atoms with van der Waals surface area (Å²) in [5.74, 6) is -1.02. The van der Waals surface area contributed by atoms with Gasteiger partial charge in [0.15, 0.2) is 0 Å². The molecule has 0 radical (unpaired) electrons. The Bertz CT molecular complexity index is 1000. The van der Waals surface area contributed by atoms with Crippen LogP contribution in [0.4, 0.5) is 16.2 Å². The van der Waals surface area contributed by atoms with Gasteiger partial charge in [-0.15, -0.1) is 0 Å². The van der Waals surface area contributed by atoms with E-state index >= 15 is 0 Å². The lowest BCUT2D eigenvalue weighted by molar-refractivity contribution is -0.123. The molecule has 0 bridgehead atoms. The molecule has 158 valence electrons. The standard InChI is InChI=1S/C22H21N5O4/c28-20(25-17-6-10-23-11-7-17)14-19(21(29)26-18-8-12-24-13-9-18)27-22(30)31-15-16-4-2-1-3-5-16/h1-13,19H,14-15H2,(H,27,30)(H,23,25,28)(H,24,26,29)/t19-/m1/s1. The highest BCUT2D eigenvalue weighted by molar-refractivity contribution is 6.01. The number of hydrogen-bond acceptors (Lipinski definition) is 6. The van der Waals surface area contributed by atoms with Gasteiger partial charge in [-0.25, -0.2) is 4.79 Å². The average molecular weight is 419 g/mol. The van der Waals surface area contributed by atoms with E-state index < -0.39 is 23.9 Å². The van der Waals surface area contributed by atoms with Gasteiger partial charge < -0.3 is 20.7 Å². The molecule has 3 rings (SSSR count). The molecule has 31 heavy (non-hydrogen) atoms. The van der Waals surface area contributed by atoms with Gasteiger partial charge in [0.05, 0.1) is 6.42 Å². The Morgan fingerprint density at radius 3 is 2.00 bits per heavy atom. The highest BCUT2D eigenvalue weighted by atomic mass is 16.5. The Morgan fingerprint density at radius 2 is 1.39 bits per heavy atom. The summed E-state index contributed by atoms with van der Waals surface area (Å²) in [7, 11) is 0. The van der Waals surface area contributed by atoms with E-state index in [2.05, 4.69) is 25.9 Å². The van der Waals surface area contributed by atoms with Crippen LogP contribution in [0.5, 0.6) is 0 Å². The molecule has 0 spiro atoms. The van der Waals surface area contributed by atoms with E-state index in [1.165, 1.54) is 24.8 Å². The first kappa shape index (κ1) is 21.4. The van der Waals surface area contributed by atoms with Crippen LogP contribution >= 0.6 is 0 Å². The predicted octanol–water partition coefficient (Wildman–Crippen LogP) is 2.74. The molecule has 3 amide bonds. The summed E-state index contributed by atoms with van der Waals surface area (Å²) in [5, 5.41) is 7.77. The topological polar surface area (TPSA) is 122 Å². The number of hydrogen-bond donors (Lipinski definition) is 3. The molecule has 9 nitrogen and oxygen atoms in total. The van der Waals surface area contributed by atoms with Gasteiger partial charge in [0, 0.05) is 36.2 Å².